The van der Waals surface area contributed by atoms with Crippen molar-refractivity contribution in [1.82, 2.24) is 15.1 Å². The molecule has 118 valence electrons. The molecule has 1 amide bonds. The van der Waals surface area contributed by atoms with Gasteiger partial charge in [-0.05, 0) is 33.1 Å². The molecule has 2 fully saturated rings. The lowest BCUT2D eigenvalue weighted by Gasteiger charge is -2.33. The molecule has 6 heteroatoms. The Morgan fingerprint density at radius 1 is 1.38 bits per heavy atom. The van der Waals surface area contributed by atoms with Crippen LogP contribution in [0.4, 0.5) is 4.79 Å². The molecule has 1 saturated heterocycles. The van der Waals surface area contributed by atoms with Gasteiger partial charge in [-0.25, -0.2) is 4.79 Å². The molecule has 1 heterocycles. The molecule has 0 radical (unpaired) electrons. The third-order valence-corrected chi connectivity index (χ3v) is 4.49. The topological polar surface area (TPSA) is 68.6 Å². The molecule has 6 nitrogen and oxygen atoms in total. The van der Waals surface area contributed by atoms with Crippen LogP contribution in [0.3, 0.4) is 0 Å². The monoisotopic (exact) mass is 294 g/mol. The highest BCUT2D eigenvalue weighted by Gasteiger charge is 2.35. The Labute approximate surface area is 127 Å². The number of hydrogen-bond donors (Lipinski definition) is 1. The number of ether oxygens (including phenoxy) is 1. The first-order valence-electron chi connectivity index (χ1n) is 7.75. The molecule has 1 saturated carbocycles. The number of nitrogens with zero attached hydrogens (tertiary/aromatic N) is 3. The second kappa shape index (κ2) is 6.63. The standard InChI is InChI=1S/C15H26N4O2/c1-15(2,11-16)21-14(20)18(3)12-4-5-13(10-12)19-8-6-17-7-9-19/h12-13,17H,4-10H2,1-3H3. The van der Waals surface area contributed by atoms with E-state index in [-0.39, 0.29) is 6.04 Å². The Morgan fingerprint density at radius 2 is 2.05 bits per heavy atom. The molecule has 2 rings (SSSR count). The zero-order valence-corrected chi connectivity index (χ0v) is 13.3. The van der Waals surface area contributed by atoms with Gasteiger partial charge in [0.1, 0.15) is 6.07 Å². The third kappa shape index (κ3) is 4.08. The summed E-state index contributed by atoms with van der Waals surface area (Å²) in [5, 5.41) is 12.3. The van der Waals surface area contributed by atoms with Gasteiger partial charge in [-0.2, -0.15) is 5.26 Å². The van der Waals surface area contributed by atoms with Crippen LogP contribution in [-0.4, -0.2) is 66.8 Å². The number of piperazine rings is 1. The van der Waals surface area contributed by atoms with Crippen molar-refractivity contribution >= 4 is 6.09 Å². The molecular weight excluding hydrogens is 268 g/mol. The number of nitrogens with one attached hydrogen (secondary N) is 1. The van der Waals surface area contributed by atoms with E-state index >= 15 is 0 Å². The van der Waals surface area contributed by atoms with E-state index in [9.17, 15) is 4.79 Å². The zero-order valence-electron chi connectivity index (χ0n) is 13.3. The number of carbonyl (C=O) groups excluding carboxylic acids is 1. The number of nitriles is 1. The van der Waals surface area contributed by atoms with Crippen LogP contribution in [0.25, 0.3) is 0 Å². The summed E-state index contributed by atoms with van der Waals surface area (Å²) < 4.78 is 5.24. The SMILES string of the molecule is CN(C(=O)OC(C)(C)C#N)C1CCC(N2CCNCC2)C1. The average Bonchev–Trinajstić information content (AvgIpc) is 2.96. The second-order valence-electron chi connectivity index (χ2n) is 6.51. The summed E-state index contributed by atoms with van der Waals surface area (Å²) in [6.07, 6.45) is 2.74. The fraction of sp³-hybridized carbons (Fsp3) is 0.867. The normalized spacial score (nSPS) is 27.1. The van der Waals surface area contributed by atoms with Crippen LogP contribution in [0.5, 0.6) is 0 Å². The van der Waals surface area contributed by atoms with E-state index < -0.39 is 11.7 Å². The van der Waals surface area contributed by atoms with Crippen LogP contribution >= 0.6 is 0 Å². The summed E-state index contributed by atoms with van der Waals surface area (Å²) in [6, 6.07) is 2.77. The fourth-order valence-electron chi connectivity index (χ4n) is 3.13. The zero-order chi connectivity index (χ0) is 15.5. The molecule has 2 aliphatic rings. The van der Waals surface area contributed by atoms with Crippen molar-refractivity contribution in [2.45, 2.75) is 50.8 Å². The first-order chi connectivity index (χ1) is 9.93. The Kier molecular flexibility index (Phi) is 5.07. The molecule has 1 aliphatic heterocycles. The van der Waals surface area contributed by atoms with E-state index in [0.717, 1.165) is 45.4 Å². The lowest BCUT2D eigenvalue weighted by Crippen LogP contribution is -2.48. The van der Waals surface area contributed by atoms with E-state index in [1.54, 1.807) is 25.8 Å². The van der Waals surface area contributed by atoms with Crippen LogP contribution in [0, 0.1) is 11.3 Å². The molecule has 2 atom stereocenters. The van der Waals surface area contributed by atoms with Gasteiger partial charge in [0.15, 0.2) is 5.60 Å². The highest BCUT2D eigenvalue weighted by Crippen LogP contribution is 2.28. The molecule has 1 N–H and O–H groups in total. The maximum absolute atomic E-state index is 12.1. The average molecular weight is 294 g/mol. The van der Waals surface area contributed by atoms with Crippen molar-refractivity contribution in [3.8, 4) is 6.07 Å². The van der Waals surface area contributed by atoms with Crippen molar-refractivity contribution < 1.29 is 9.53 Å². The van der Waals surface area contributed by atoms with Gasteiger partial charge in [-0.1, -0.05) is 0 Å². The molecule has 0 spiro atoms. The van der Waals surface area contributed by atoms with Gasteiger partial charge in [0.05, 0.1) is 0 Å². The maximum Gasteiger partial charge on any atom is 0.411 e. The van der Waals surface area contributed by atoms with Gasteiger partial charge in [0.2, 0.25) is 0 Å². The first-order valence-corrected chi connectivity index (χ1v) is 7.75. The highest BCUT2D eigenvalue weighted by molar-refractivity contribution is 5.68. The molecule has 0 bridgehead atoms. The Balaban J connectivity index is 1.85. The molecule has 0 aromatic heterocycles. The van der Waals surface area contributed by atoms with Crippen LogP contribution in [0.2, 0.25) is 0 Å². The van der Waals surface area contributed by atoms with E-state index in [4.69, 9.17) is 10.00 Å². The summed E-state index contributed by atoms with van der Waals surface area (Å²) in [5.74, 6) is 0. The number of hydrogen-bond acceptors (Lipinski definition) is 5. The van der Waals surface area contributed by atoms with Crippen LogP contribution in [0.1, 0.15) is 33.1 Å². The van der Waals surface area contributed by atoms with Gasteiger partial charge < -0.3 is 15.0 Å². The second-order valence-corrected chi connectivity index (χ2v) is 6.51. The lowest BCUT2D eigenvalue weighted by atomic mass is 10.1. The third-order valence-electron chi connectivity index (χ3n) is 4.49. The van der Waals surface area contributed by atoms with Crippen molar-refractivity contribution in [1.29, 1.82) is 5.26 Å². The molecule has 1 aliphatic carbocycles. The number of carbonyl (C=O) groups is 1. The smallest absolute Gasteiger partial charge is 0.411 e. The maximum atomic E-state index is 12.1. The summed E-state index contributed by atoms with van der Waals surface area (Å²) in [4.78, 5) is 16.3. The molecule has 0 aromatic rings. The summed E-state index contributed by atoms with van der Waals surface area (Å²) >= 11 is 0. The first kappa shape index (κ1) is 16.1. The quantitative estimate of drug-likeness (QED) is 0.846. The van der Waals surface area contributed by atoms with E-state index in [0.29, 0.717) is 6.04 Å². The summed E-state index contributed by atoms with van der Waals surface area (Å²) in [6.45, 7) is 7.50. The molecule has 21 heavy (non-hydrogen) atoms. The Hall–Kier alpha value is -1.32. The molecular formula is C15H26N4O2. The number of rotatable bonds is 3. The highest BCUT2D eigenvalue weighted by atomic mass is 16.6. The Bertz CT molecular complexity index is 412. The van der Waals surface area contributed by atoms with E-state index in [1.807, 2.05) is 6.07 Å². The van der Waals surface area contributed by atoms with Gasteiger partial charge in [0, 0.05) is 45.3 Å². The summed E-state index contributed by atoms with van der Waals surface area (Å²) in [5.41, 5.74) is -1.07. The number of amides is 1. The minimum atomic E-state index is -1.07. The van der Waals surface area contributed by atoms with E-state index in [1.165, 1.54) is 0 Å². The Morgan fingerprint density at radius 3 is 2.67 bits per heavy atom. The van der Waals surface area contributed by atoms with Crippen molar-refractivity contribution in [3.63, 3.8) is 0 Å². The van der Waals surface area contributed by atoms with Gasteiger partial charge in [-0.15, -0.1) is 0 Å². The van der Waals surface area contributed by atoms with E-state index in [2.05, 4.69) is 10.2 Å². The fourth-order valence-corrected chi connectivity index (χ4v) is 3.13. The van der Waals surface area contributed by atoms with Crippen LogP contribution in [-0.2, 0) is 4.74 Å². The van der Waals surface area contributed by atoms with Crippen molar-refractivity contribution in [3.05, 3.63) is 0 Å². The predicted octanol–water partition coefficient (Wildman–Crippen LogP) is 1.18. The van der Waals surface area contributed by atoms with Crippen LogP contribution in [0.15, 0.2) is 0 Å². The van der Waals surface area contributed by atoms with Gasteiger partial charge in [-0.3, -0.25) is 4.90 Å². The lowest BCUT2D eigenvalue weighted by molar-refractivity contribution is 0.0411. The minimum Gasteiger partial charge on any atom is -0.428 e. The van der Waals surface area contributed by atoms with Crippen LogP contribution < -0.4 is 5.32 Å². The largest absolute Gasteiger partial charge is 0.428 e. The molecule has 2 unspecified atom stereocenters. The van der Waals surface area contributed by atoms with Crippen molar-refractivity contribution in [2.75, 3.05) is 33.2 Å². The van der Waals surface area contributed by atoms with Gasteiger partial charge in [0.25, 0.3) is 0 Å². The minimum absolute atomic E-state index is 0.215. The summed E-state index contributed by atoms with van der Waals surface area (Å²) in [7, 11) is 1.78. The molecule has 0 aromatic carbocycles. The van der Waals surface area contributed by atoms with Gasteiger partial charge >= 0.3 is 6.09 Å². The predicted molar refractivity (Wildman–Crippen MR) is 79.8 cm³/mol. The van der Waals surface area contributed by atoms with Crippen molar-refractivity contribution in [2.24, 2.45) is 0 Å².